The van der Waals surface area contributed by atoms with Crippen LogP contribution in [0.15, 0.2) is 42.5 Å². The Bertz CT molecular complexity index is 732. The second kappa shape index (κ2) is 7.51. The Morgan fingerprint density at radius 2 is 1.87 bits per heavy atom. The average molecular weight is 315 g/mol. The van der Waals surface area contributed by atoms with Crippen LogP contribution in [0.3, 0.4) is 0 Å². The zero-order valence-electron chi connectivity index (χ0n) is 12.7. The summed E-state index contributed by atoms with van der Waals surface area (Å²) in [6.45, 7) is 2.07. The highest BCUT2D eigenvalue weighted by Gasteiger charge is 2.12. The van der Waals surface area contributed by atoms with Crippen molar-refractivity contribution < 1.29 is 14.0 Å². The summed E-state index contributed by atoms with van der Waals surface area (Å²) in [5, 5.41) is 5.22. The Kier molecular flexibility index (Phi) is 5.43. The Hall–Kier alpha value is -2.73. The molecule has 6 heteroatoms. The summed E-state index contributed by atoms with van der Waals surface area (Å²) in [4.78, 5) is 23.9. The number of nitrogens with two attached hydrogens (primary N) is 1. The fourth-order valence-corrected chi connectivity index (χ4v) is 2.05. The molecule has 0 aliphatic heterocycles. The molecule has 0 unspecified atom stereocenters. The summed E-state index contributed by atoms with van der Waals surface area (Å²) < 4.78 is 13.4. The number of benzene rings is 2. The number of rotatable bonds is 5. The molecule has 0 fully saturated rings. The Morgan fingerprint density at radius 1 is 1.09 bits per heavy atom. The predicted octanol–water partition coefficient (Wildman–Crippen LogP) is 2.67. The van der Waals surface area contributed by atoms with Crippen molar-refractivity contribution in [2.45, 2.75) is 13.3 Å². The van der Waals surface area contributed by atoms with Crippen molar-refractivity contribution in [1.82, 2.24) is 0 Å². The minimum Gasteiger partial charge on any atom is -0.330 e. The highest BCUT2D eigenvalue weighted by Crippen LogP contribution is 2.24. The molecule has 0 aromatic heterocycles. The molecule has 2 aromatic carbocycles. The van der Waals surface area contributed by atoms with Crippen LogP contribution in [0.4, 0.5) is 15.8 Å². The van der Waals surface area contributed by atoms with Crippen LogP contribution in [0.25, 0.3) is 0 Å². The topological polar surface area (TPSA) is 84.2 Å². The van der Waals surface area contributed by atoms with Crippen molar-refractivity contribution in [3.63, 3.8) is 0 Å². The van der Waals surface area contributed by atoms with Crippen molar-refractivity contribution in [1.29, 1.82) is 0 Å². The Balaban J connectivity index is 2.22. The van der Waals surface area contributed by atoms with E-state index in [9.17, 15) is 14.0 Å². The molecule has 0 heterocycles. The van der Waals surface area contributed by atoms with Gasteiger partial charge in [-0.15, -0.1) is 0 Å². The normalized spacial score (nSPS) is 10.2. The number of halogens is 1. The van der Waals surface area contributed by atoms with E-state index in [4.69, 9.17) is 5.73 Å². The summed E-state index contributed by atoms with van der Waals surface area (Å²) in [7, 11) is 0. The lowest BCUT2D eigenvalue weighted by Gasteiger charge is -2.12. The van der Waals surface area contributed by atoms with Crippen LogP contribution >= 0.6 is 0 Å². The number of amides is 2. The predicted molar refractivity (Wildman–Crippen MR) is 87.8 cm³/mol. The molecule has 2 aromatic rings. The first-order valence-corrected chi connectivity index (χ1v) is 7.17. The summed E-state index contributed by atoms with van der Waals surface area (Å²) in [6, 6.07) is 10.8. The molecule has 5 nitrogen and oxygen atoms in total. The maximum Gasteiger partial charge on any atom is 0.255 e. The van der Waals surface area contributed by atoms with Gasteiger partial charge in [0.25, 0.3) is 5.91 Å². The fourth-order valence-electron chi connectivity index (χ4n) is 2.05. The first-order chi connectivity index (χ1) is 11.0. The van der Waals surface area contributed by atoms with Crippen LogP contribution in [-0.4, -0.2) is 18.4 Å². The van der Waals surface area contributed by atoms with Crippen molar-refractivity contribution >= 4 is 23.2 Å². The van der Waals surface area contributed by atoms with E-state index in [0.29, 0.717) is 11.3 Å². The Morgan fingerprint density at radius 3 is 2.57 bits per heavy atom. The van der Waals surface area contributed by atoms with Crippen molar-refractivity contribution in [2.24, 2.45) is 5.73 Å². The molecule has 2 amide bonds. The number of carbonyl (C=O) groups is 2. The highest BCUT2D eigenvalue weighted by molar-refractivity contribution is 6.07. The smallest absolute Gasteiger partial charge is 0.255 e. The van der Waals surface area contributed by atoms with Gasteiger partial charge in [0.15, 0.2) is 0 Å². The van der Waals surface area contributed by atoms with E-state index in [1.54, 1.807) is 18.2 Å². The number of hydrogen-bond acceptors (Lipinski definition) is 3. The molecular formula is C17H18FN3O2. The quantitative estimate of drug-likeness (QED) is 0.793. The van der Waals surface area contributed by atoms with Gasteiger partial charge in [0.05, 0.1) is 11.4 Å². The fraction of sp³-hybridized carbons (Fsp3) is 0.176. The van der Waals surface area contributed by atoms with E-state index in [2.05, 4.69) is 10.6 Å². The molecule has 23 heavy (non-hydrogen) atoms. The molecule has 0 aliphatic rings. The second-order valence-electron chi connectivity index (χ2n) is 5.10. The lowest BCUT2D eigenvalue weighted by molar-refractivity contribution is -0.116. The molecule has 0 atom stereocenters. The maximum atomic E-state index is 13.4. The third-order valence-corrected chi connectivity index (χ3v) is 3.16. The SMILES string of the molecule is Cc1cccc(C(=O)Nc2ccc(F)cc2NC(=O)CCN)c1. The molecule has 120 valence electrons. The van der Waals surface area contributed by atoms with Crippen LogP contribution in [0, 0.1) is 12.7 Å². The van der Waals surface area contributed by atoms with Gasteiger partial charge in [-0.3, -0.25) is 9.59 Å². The van der Waals surface area contributed by atoms with Gasteiger partial charge >= 0.3 is 0 Å². The van der Waals surface area contributed by atoms with E-state index >= 15 is 0 Å². The number of hydrogen-bond donors (Lipinski definition) is 3. The van der Waals surface area contributed by atoms with Gasteiger partial charge in [-0.2, -0.15) is 0 Å². The third-order valence-electron chi connectivity index (χ3n) is 3.16. The first-order valence-electron chi connectivity index (χ1n) is 7.17. The average Bonchev–Trinajstić information content (AvgIpc) is 2.50. The van der Waals surface area contributed by atoms with Gasteiger partial charge in [0.2, 0.25) is 5.91 Å². The van der Waals surface area contributed by atoms with E-state index < -0.39 is 5.82 Å². The number of anilines is 2. The van der Waals surface area contributed by atoms with Crippen LogP contribution in [0.1, 0.15) is 22.3 Å². The van der Waals surface area contributed by atoms with E-state index in [0.717, 1.165) is 11.6 Å². The second-order valence-corrected chi connectivity index (χ2v) is 5.10. The van der Waals surface area contributed by atoms with Crippen LogP contribution in [0.5, 0.6) is 0 Å². The summed E-state index contributed by atoms with van der Waals surface area (Å²) >= 11 is 0. The number of aryl methyl sites for hydroxylation is 1. The van der Waals surface area contributed by atoms with Gasteiger partial charge in [-0.25, -0.2) is 4.39 Å². The van der Waals surface area contributed by atoms with Gasteiger partial charge in [-0.05, 0) is 37.3 Å². The summed E-state index contributed by atoms with van der Waals surface area (Å²) in [5.74, 6) is -1.19. The summed E-state index contributed by atoms with van der Waals surface area (Å²) in [6.07, 6.45) is 0.113. The number of nitrogens with one attached hydrogen (secondary N) is 2. The van der Waals surface area contributed by atoms with E-state index in [1.807, 2.05) is 13.0 Å². The molecule has 0 spiro atoms. The van der Waals surface area contributed by atoms with Gasteiger partial charge in [-0.1, -0.05) is 17.7 Å². The van der Waals surface area contributed by atoms with Gasteiger partial charge in [0.1, 0.15) is 5.82 Å². The monoisotopic (exact) mass is 315 g/mol. The number of carbonyl (C=O) groups excluding carboxylic acids is 2. The lowest BCUT2D eigenvalue weighted by Crippen LogP contribution is -2.19. The van der Waals surface area contributed by atoms with Crippen LogP contribution in [-0.2, 0) is 4.79 Å². The molecule has 4 N–H and O–H groups in total. The molecule has 0 aliphatic carbocycles. The van der Waals surface area contributed by atoms with E-state index in [1.165, 1.54) is 12.1 Å². The largest absolute Gasteiger partial charge is 0.330 e. The zero-order valence-corrected chi connectivity index (χ0v) is 12.7. The van der Waals surface area contributed by atoms with Crippen LogP contribution < -0.4 is 16.4 Å². The molecular weight excluding hydrogens is 297 g/mol. The third kappa shape index (κ3) is 4.62. The maximum absolute atomic E-state index is 13.4. The first kappa shape index (κ1) is 16.6. The molecule has 0 bridgehead atoms. The van der Waals surface area contributed by atoms with Crippen molar-refractivity contribution in [2.75, 3.05) is 17.2 Å². The standard InChI is InChI=1S/C17H18FN3O2/c1-11-3-2-4-12(9-11)17(23)21-14-6-5-13(18)10-15(14)20-16(22)7-8-19/h2-6,9-10H,7-8,19H2,1H3,(H,20,22)(H,21,23). The van der Waals surface area contributed by atoms with Crippen molar-refractivity contribution in [3.8, 4) is 0 Å². The minimum absolute atomic E-state index is 0.113. The molecule has 2 rings (SSSR count). The highest BCUT2D eigenvalue weighted by atomic mass is 19.1. The molecule has 0 saturated carbocycles. The zero-order chi connectivity index (χ0) is 16.8. The van der Waals surface area contributed by atoms with Gasteiger partial charge < -0.3 is 16.4 Å². The van der Waals surface area contributed by atoms with Crippen LogP contribution in [0.2, 0.25) is 0 Å². The van der Waals surface area contributed by atoms with Crippen molar-refractivity contribution in [3.05, 3.63) is 59.4 Å². The molecule has 0 radical (unpaired) electrons. The minimum atomic E-state index is -0.512. The molecule has 0 saturated heterocycles. The Labute approximate surface area is 133 Å². The van der Waals surface area contributed by atoms with E-state index in [-0.39, 0.29) is 30.5 Å². The summed E-state index contributed by atoms with van der Waals surface area (Å²) in [5.41, 5.74) is 7.27. The lowest BCUT2D eigenvalue weighted by atomic mass is 10.1. The van der Waals surface area contributed by atoms with Gasteiger partial charge in [0, 0.05) is 18.5 Å².